The van der Waals surface area contributed by atoms with E-state index in [4.69, 9.17) is 4.74 Å². The normalized spacial score (nSPS) is 17.1. The number of allylic oxidation sites excluding steroid dienone is 1. The van der Waals surface area contributed by atoms with E-state index in [2.05, 4.69) is 18.5 Å². The summed E-state index contributed by atoms with van der Waals surface area (Å²) in [5.74, 6) is 1.38. The lowest BCUT2D eigenvalue weighted by Gasteiger charge is -2.18. The summed E-state index contributed by atoms with van der Waals surface area (Å²) in [5.41, 5.74) is 2.13. The summed E-state index contributed by atoms with van der Waals surface area (Å²) in [7, 11) is 0. The number of hydrogen-bond donors (Lipinski definition) is 1. The number of fused-ring (bicyclic) bond motifs is 3. The minimum atomic E-state index is -0.807. The van der Waals surface area contributed by atoms with E-state index in [1.54, 1.807) is 17.7 Å². The van der Waals surface area contributed by atoms with E-state index in [9.17, 15) is 9.90 Å². The number of nitrogens with zero attached hydrogens (tertiary/aromatic N) is 2. The Hall–Kier alpha value is -2.44. The van der Waals surface area contributed by atoms with E-state index in [1.807, 2.05) is 30.3 Å². The average Bonchev–Trinajstić information content (AvgIpc) is 3.08. The standard InChI is InChI=1S/C23H26N2O3S/c1-3-6-16-7-4-5-8-19(16)28-13-17(26)12-25-14-24-22-21(23(25)27)18-10-9-15(2)11-20(18)29-22/h3-5,7-8,14-15,17,26H,1,6,9-13H2,2H3. The van der Waals surface area contributed by atoms with E-state index >= 15 is 0 Å². The molecule has 152 valence electrons. The van der Waals surface area contributed by atoms with Crippen LogP contribution in [-0.2, 0) is 25.8 Å². The van der Waals surface area contributed by atoms with Gasteiger partial charge in [-0.05, 0) is 48.8 Å². The maximum Gasteiger partial charge on any atom is 0.262 e. The SMILES string of the molecule is C=CCc1ccccc1OCC(O)Cn1cnc2sc3c(c2c1=O)CCC(C)C3. The van der Waals surface area contributed by atoms with Crippen LogP contribution in [0.15, 0.2) is 48.0 Å². The Morgan fingerprint density at radius 2 is 2.28 bits per heavy atom. The molecule has 1 aromatic carbocycles. The van der Waals surface area contributed by atoms with Crippen molar-refractivity contribution in [2.24, 2.45) is 5.92 Å². The maximum atomic E-state index is 13.1. The molecule has 4 rings (SSSR count). The number of aryl methyl sites for hydroxylation is 1. The summed E-state index contributed by atoms with van der Waals surface area (Å²) in [4.78, 5) is 19.7. The predicted molar refractivity (Wildman–Crippen MR) is 117 cm³/mol. The zero-order chi connectivity index (χ0) is 20.4. The zero-order valence-electron chi connectivity index (χ0n) is 16.6. The van der Waals surface area contributed by atoms with Gasteiger partial charge in [-0.15, -0.1) is 17.9 Å². The van der Waals surface area contributed by atoms with Crippen LogP contribution in [0, 0.1) is 5.92 Å². The predicted octanol–water partition coefficient (Wildman–Crippen LogP) is 3.75. The first-order chi connectivity index (χ1) is 14.1. The highest BCUT2D eigenvalue weighted by Gasteiger charge is 2.23. The fourth-order valence-electron chi connectivity index (χ4n) is 3.93. The minimum Gasteiger partial charge on any atom is -0.491 e. The number of ether oxygens (including phenoxy) is 1. The van der Waals surface area contributed by atoms with Gasteiger partial charge < -0.3 is 9.84 Å². The quantitative estimate of drug-likeness (QED) is 0.603. The molecule has 0 saturated carbocycles. The van der Waals surface area contributed by atoms with Crippen LogP contribution in [0.1, 0.15) is 29.3 Å². The van der Waals surface area contributed by atoms with Crippen LogP contribution in [0.25, 0.3) is 10.2 Å². The zero-order valence-corrected chi connectivity index (χ0v) is 17.5. The third-order valence-corrected chi connectivity index (χ3v) is 6.62. The van der Waals surface area contributed by atoms with Crippen molar-refractivity contribution < 1.29 is 9.84 Å². The van der Waals surface area contributed by atoms with Gasteiger partial charge in [0.25, 0.3) is 5.56 Å². The largest absolute Gasteiger partial charge is 0.491 e. The molecule has 5 nitrogen and oxygen atoms in total. The van der Waals surface area contributed by atoms with Crippen LogP contribution in [-0.4, -0.2) is 27.4 Å². The van der Waals surface area contributed by atoms with Gasteiger partial charge in [-0.25, -0.2) is 4.98 Å². The molecule has 0 radical (unpaired) electrons. The lowest BCUT2D eigenvalue weighted by molar-refractivity contribution is 0.0911. The van der Waals surface area contributed by atoms with Crippen molar-refractivity contribution in [1.82, 2.24) is 9.55 Å². The molecule has 0 spiro atoms. The lowest BCUT2D eigenvalue weighted by atomic mass is 9.89. The molecule has 0 fully saturated rings. The van der Waals surface area contributed by atoms with Crippen LogP contribution in [0.3, 0.4) is 0 Å². The van der Waals surface area contributed by atoms with Crippen LogP contribution in [0.5, 0.6) is 5.75 Å². The molecule has 29 heavy (non-hydrogen) atoms. The number of aliphatic hydroxyl groups is 1. The first-order valence-corrected chi connectivity index (χ1v) is 10.9. The van der Waals surface area contributed by atoms with Crippen molar-refractivity contribution in [2.45, 2.75) is 45.3 Å². The number of benzene rings is 1. The highest BCUT2D eigenvalue weighted by Crippen LogP contribution is 2.35. The minimum absolute atomic E-state index is 0.0619. The van der Waals surface area contributed by atoms with E-state index in [1.165, 1.54) is 15.0 Å². The van der Waals surface area contributed by atoms with Crippen LogP contribution in [0.2, 0.25) is 0 Å². The van der Waals surface area contributed by atoms with Gasteiger partial charge in [-0.2, -0.15) is 0 Å². The molecular formula is C23H26N2O3S. The van der Waals surface area contributed by atoms with Gasteiger partial charge in [0.1, 0.15) is 23.3 Å². The van der Waals surface area contributed by atoms with Gasteiger partial charge in [0.15, 0.2) is 0 Å². The van der Waals surface area contributed by atoms with Gasteiger partial charge in [-0.3, -0.25) is 9.36 Å². The fourth-order valence-corrected chi connectivity index (χ4v) is 5.27. The molecule has 3 aromatic rings. The maximum absolute atomic E-state index is 13.1. The Labute approximate surface area is 174 Å². The third-order valence-electron chi connectivity index (χ3n) is 5.46. The van der Waals surface area contributed by atoms with E-state index in [0.717, 1.165) is 40.8 Å². The van der Waals surface area contributed by atoms with Gasteiger partial charge in [-0.1, -0.05) is 31.2 Å². The Bertz CT molecular complexity index is 1090. The molecule has 0 amide bonds. The van der Waals surface area contributed by atoms with Gasteiger partial charge in [0, 0.05) is 4.88 Å². The van der Waals surface area contributed by atoms with Crippen molar-refractivity contribution in [3.63, 3.8) is 0 Å². The molecule has 0 bridgehead atoms. The average molecular weight is 411 g/mol. The van der Waals surface area contributed by atoms with Crippen LogP contribution >= 0.6 is 11.3 Å². The van der Waals surface area contributed by atoms with Crippen molar-refractivity contribution in [1.29, 1.82) is 0 Å². The lowest BCUT2D eigenvalue weighted by Crippen LogP contribution is -2.30. The molecule has 6 heteroatoms. The highest BCUT2D eigenvalue weighted by molar-refractivity contribution is 7.18. The van der Waals surface area contributed by atoms with Crippen molar-refractivity contribution in [2.75, 3.05) is 6.61 Å². The second kappa shape index (κ2) is 8.51. The van der Waals surface area contributed by atoms with Crippen molar-refractivity contribution in [3.05, 3.63) is 69.6 Å². The van der Waals surface area contributed by atoms with Crippen molar-refractivity contribution >= 4 is 21.6 Å². The number of aromatic nitrogens is 2. The Kier molecular flexibility index (Phi) is 5.83. The first kappa shape index (κ1) is 19.9. The fraction of sp³-hybridized carbons (Fsp3) is 0.391. The molecule has 1 N–H and O–H groups in total. The number of thiophene rings is 1. The number of rotatable bonds is 7. The summed E-state index contributed by atoms with van der Waals surface area (Å²) >= 11 is 1.64. The number of para-hydroxylation sites is 1. The smallest absolute Gasteiger partial charge is 0.262 e. The summed E-state index contributed by atoms with van der Waals surface area (Å²) in [6, 6.07) is 7.71. The van der Waals surface area contributed by atoms with Gasteiger partial charge >= 0.3 is 0 Å². The molecule has 2 aromatic heterocycles. The Balaban J connectivity index is 1.50. The van der Waals surface area contributed by atoms with E-state index in [0.29, 0.717) is 12.3 Å². The Morgan fingerprint density at radius 1 is 1.45 bits per heavy atom. The van der Waals surface area contributed by atoms with Crippen LogP contribution < -0.4 is 10.3 Å². The molecule has 1 aliphatic carbocycles. The molecule has 2 atom stereocenters. The summed E-state index contributed by atoms with van der Waals surface area (Å²) in [6.07, 6.45) is 6.33. The molecule has 1 aliphatic rings. The number of hydrogen-bond acceptors (Lipinski definition) is 5. The molecule has 0 saturated heterocycles. The van der Waals surface area contributed by atoms with Crippen molar-refractivity contribution in [3.8, 4) is 5.75 Å². The Morgan fingerprint density at radius 3 is 3.10 bits per heavy atom. The van der Waals surface area contributed by atoms with E-state index in [-0.39, 0.29) is 18.7 Å². The molecule has 2 heterocycles. The summed E-state index contributed by atoms with van der Waals surface area (Å²) < 4.78 is 7.32. The van der Waals surface area contributed by atoms with Crippen LogP contribution in [0.4, 0.5) is 0 Å². The molecule has 0 aliphatic heterocycles. The van der Waals surface area contributed by atoms with Gasteiger partial charge in [0.2, 0.25) is 0 Å². The summed E-state index contributed by atoms with van der Waals surface area (Å²) in [5, 5.41) is 11.2. The first-order valence-electron chi connectivity index (χ1n) is 10.1. The second-order valence-electron chi connectivity index (χ2n) is 7.80. The van der Waals surface area contributed by atoms with Gasteiger partial charge in [0.05, 0.1) is 18.3 Å². The number of aliphatic hydroxyl groups excluding tert-OH is 1. The van der Waals surface area contributed by atoms with E-state index < -0.39 is 6.10 Å². The molecular weight excluding hydrogens is 384 g/mol. The summed E-state index contributed by atoms with van der Waals surface area (Å²) in [6.45, 7) is 6.28. The monoisotopic (exact) mass is 410 g/mol. The topological polar surface area (TPSA) is 64.3 Å². The third kappa shape index (κ3) is 4.14. The molecule has 2 unspecified atom stereocenters. The second-order valence-corrected chi connectivity index (χ2v) is 8.88. The highest BCUT2D eigenvalue weighted by atomic mass is 32.1.